The summed E-state index contributed by atoms with van der Waals surface area (Å²) in [6, 6.07) is 0. The zero-order chi connectivity index (χ0) is 10.4. The van der Waals surface area contributed by atoms with Crippen LogP contribution in [-0.4, -0.2) is 21.4 Å². The molecule has 0 saturated carbocycles. The number of allylic oxidation sites excluding steroid dienone is 1. The van der Waals surface area contributed by atoms with E-state index < -0.39 is 0 Å². The standard InChI is InChI=1S/C10H13ClN2O/c1-2-3-4-5-13-8-9(7-12-13)10(14)6-11/h2,7-8H,1,3-6H2. The van der Waals surface area contributed by atoms with Gasteiger partial charge in [0, 0.05) is 12.7 Å². The number of unbranched alkanes of at least 4 members (excludes halogenated alkanes) is 1. The average Bonchev–Trinajstić information content (AvgIpc) is 2.66. The van der Waals surface area contributed by atoms with Gasteiger partial charge in [-0.15, -0.1) is 18.2 Å². The van der Waals surface area contributed by atoms with Crippen molar-refractivity contribution in [1.82, 2.24) is 9.78 Å². The first-order chi connectivity index (χ1) is 6.77. The van der Waals surface area contributed by atoms with E-state index in [4.69, 9.17) is 11.6 Å². The fraction of sp³-hybridized carbons (Fsp3) is 0.400. The lowest BCUT2D eigenvalue weighted by atomic mass is 10.2. The van der Waals surface area contributed by atoms with Gasteiger partial charge in [0.2, 0.25) is 0 Å². The lowest BCUT2D eigenvalue weighted by molar-refractivity contribution is 0.102. The van der Waals surface area contributed by atoms with Gasteiger partial charge in [-0.3, -0.25) is 9.48 Å². The van der Waals surface area contributed by atoms with Crippen LogP contribution in [0.4, 0.5) is 0 Å². The molecule has 1 aromatic heterocycles. The second-order valence-corrected chi connectivity index (χ2v) is 3.25. The number of carbonyl (C=O) groups excluding carboxylic acids is 1. The van der Waals surface area contributed by atoms with E-state index in [9.17, 15) is 4.79 Å². The van der Waals surface area contributed by atoms with Crippen LogP contribution in [0.5, 0.6) is 0 Å². The maximum Gasteiger partial charge on any atom is 0.180 e. The monoisotopic (exact) mass is 212 g/mol. The maximum absolute atomic E-state index is 11.2. The molecule has 0 radical (unpaired) electrons. The number of carbonyl (C=O) groups is 1. The van der Waals surface area contributed by atoms with Gasteiger partial charge >= 0.3 is 0 Å². The van der Waals surface area contributed by atoms with E-state index in [1.54, 1.807) is 17.1 Å². The Morgan fingerprint density at radius 2 is 2.50 bits per heavy atom. The zero-order valence-corrected chi connectivity index (χ0v) is 8.70. The number of alkyl halides is 1. The highest BCUT2D eigenvalue weighted by molar-refractivity contribution is 6.30. The van der Waals surface area contributed by atoms with Crippen molar-refractivity contribution in [3.8, 4) is 0 Å². The molecule has 0 aliphatic carbocycles. The summed E-state index contributed by atoms with van der Waals surface area (Å²) in [5, 5.41) is 4.06. The minimum Gasteiger partial charge on any atom is -0.293 e. The molecule has 4 heteroatoms. The van der Waals surface area contributed by atoms with Crippen molar-refractivity contribution in [2.24, 2.45) is 0 Å². The predicted octanol–water partition coefficient (Wildman–Crippen LogP) is 2.27. The molecule has 3 nitrogen and oxygen atoms in total. The molecule has 1 aromatic rings. The van der Waals surface area contributed by atoms with Crippen molar-refractivity contribution in [3.05, 3.63) is 30.6 Å². The molecular weight excluding hydrogens is 200 g/mol. The Balaban J connectivity index is 2.50. The first-order valence-electron chi connectivity index (χ1n) is 4.50. The summed E-state index contributed by atoms with van der Waals surface area (Å²) in [5.41, 5.74) is 0.582. The Labute approximate surface area is 88.4 Å². The highest BCUT2D eigenvalue weighted by Gasteiger charge is 2.06. The number of hydrogen-bond donors (Lipinski definition) is 0. The van der Waals surface area contributed by atoms with Crippen LogP contribution >= 0.6 is 11.6 Å². The van der Waals surface area contributed by atoms with Crippen LogP contribution in [0.3, 0.4) is 0 Å². The third kappa shape index (κ3) is 3.00. The molecule has 0 atom stereocenters. The topological polar surface area (TPSA) is 34.9 Å². The van der Waals surface area contributed by atoms with Crippen LogP contribution in [0, 0.1) is 0 Å². The Kier molecular flexibility index (Phi) is 4.40. The van der Waals surface area contributed by atoms with Crippen molar-refractivity contribution < 1.29 is 4.79 Å². The van der Waals surface area contributed by atoms with Crippen LogP contribution in [0.15, 0.2) is 25.0 Å². The number of nitrogens with zero attached hydrogens (tertiary/aromatic N) is 2. The number of aryl methyl sites for hydroxylation is 1. The van der Waals surface area contributed by atoms with E-state index in [0.717, 1.165) is 19.4 Å². The molecule has 0 saturated heterocycles. The molecule has 0 aliphatic heterocycles. The minimum absolute atomic E-state index is 0.0123. The number of Topliss-reactive ketones (excluding diaryl/α,β-unsaturated/α-hetero) is 1. The third-order valence-corrected chi connectivity index (χ3v) is 2.11. The fourth-order valence-corrected chi connectivity index (χ4v) is 1.26. The molecule has 76 valence electrons. The lowest BCUT2D eigenvalue weighted by Crippen LogP contribution is -2.00. The molecule has 0 unspecified atom stereocenters. The van der Waals surface area contributed by atoms with Gasteiger partial charge in [0.25, 0.3) is 0 Å². The number of hydrogen-bond acceptors (Lipinski definition) is 2. The van der Waals surface area contributed by atoms with Crippen LogP contribution in [0.2, 0.25) is 0 Å². The van der Waals surface area contributed by atoms with Gasteiger partial charge in [0.15, 0.2) is 5.78 Å². The Morgan fingerprint density at radius 1 is 1.71 bits per heavy atom. The second kappa shape index (κ2) is 5.60. The van der Waals surface area contributed by atoms with Crippen LogP contribution < -0.4 is 0 Å². The van der Waals surface area contributed by atoms with Crippen molar-refractivity contribution in [2.45, 2.75) is 19.4 Å². The molecule has 0 aromatic carbocycles. The fourth-order valence-electron chi connectivity index (χ4n) is 1.10. The van der Waals surface area contributed by atoms with Gasteiger partial charge in [0.1, 0.15) is 0 Å². The molecule has 0 fully saturated rings. The van der Waals surface area contributed by atoms with Crippen LogP contribution in [-0.2, 0) is 6.54 Å². The molecule has 0 N–H and O–H groups in total. The molecule has 0 aliphatic rings. The Bertz CT molecular complexity index is 320. The highest BCUT2D eigenvalue weighted by Crippen LogP contribution is 2.02. The lowest BCUT2D eigenvalue weighted by Gasteiger charge is -1.97. The summed E-state index contributed by atoms with van der Waals surface area (Å²) < 4.78 is 1.75. The van der Waals surface area contributed by atoms with E-state index in [1.165, 1.54) is 0 Å². The number of ketones is 1. The van der Waals surface area contributed by atoms with Crippen molar-refractivity contribution in [3.63, 3.8) is 0 Å². The highest BCUT2D eigenvalue weighted by atomic mass is 35.5. The largest absolute Gasteiger partial charge is 0.293 e. The van der Waals surface area contributed by atoms with Gasteiger partial charge in [-0.25, -0.2) is 0 Å². The normalized spacial score (nSPS) is 10.1. The van der Waals surface area contributed by atoms with Crippen molar-refractivity contribution >= 4 is 17.4 Å². The SMILES string of the molecule is C=CCCCn1cc(C(=O)CCl)cn1. The first kappa shape index (κ1) is 11.0. The number of halogens is 1. The quantitative estimate of drug-likeness (QED) is 0.314. The van der Waals surface area contributed by atoms with Gasteiger partial charge < -0.3 is 0 Å². The van der Waals surface area contributed by atoms with E-state index in [1.807, 2.05) is 6.08 Å². The molecular formula is C10H13ClN2O. The second-order valence-electron chi connectivity index (χ2n) is 2.98. The van der Waals surface area contributed by atoms with E-state index in [-0.39, 0.29) is 11.7 Å². The Hall–Kier alpha value is -1.09. The molecule has 14 heavy (non-hydrogen) atoms. The van der Waals surface area contributed by atoms with Crippen molar-refractivity contribution in [2.75, 3.05) is 5.88 Å². The summed E-state index contributed by atoms with van der Waals surface area (Å²) >= 11 is 5.42. The third-order valence-electron chi connectivity index (χ3n) is 1.87. The van der Waals surface area contributed by atoms with Crippen molar-refractivity contribution in [1.29, 1.82) is 0 Å². The van der Waals surface area contributed by atoms with E-state index >= 15 is 0 Å². The van der Waals surface area contributed by atoms with E-state index in [2.05, 4.69) is 11.7 Å². The molecule has 1 rings (SSSR count). The van der Waals surface area contributed by atoms with Gasteiger partial charge in [-0.05, 0) is 12.8 Å². The maximum atomic E-state index is 11.2. The molecule has 1 heterocycles. The summed E-state index contributed by atoms with van der Waals surface area (Å²) in [4.78, 5) is 11.2. The summed E-state index contributed by atoms with van der Waals surface area (Å²) in [6.07, 6.45) is 7.10. The number of aromatic nitrogens is 2. The zero-order valence-electron chi connectivity index (χ0n) is 7.95. The van der Waals surface area contributed by atoms with Crippen LogP contribution in [0.25, 0.3) is 0 Å². The van der Waals surface area contributed by atoms with E-state index in [0.29, 0.717) is 5.56 Å². The van der Waals surface area contributed by atoms with Gasteiger partial charge in [-0.2, -0.15) is 5.10 Å². The summed E-state index contributed by atoms with van der Waals surface area (Å²) in [7, 11) is 0. The number of rotatable bonds is 6. The molecule has 0 spiro atoms. The summed E-state index contributed by atoms with van der Waals surface area (Å²) in [5.74, 6) is -0.0696. The van der Waals surface area contributed by atoms with Gasteiger partial charge in [0.05, 0.1) is 17.6 Å². The summed E-state index contributed by atoms with van der Waals surface area (Å²) in [6.45, 7) is 4.44. The van der Waals surface area contributed by atoms with Crippen LogP contribution in [0.1, 0.15) is 23.2 Å². The first-order valence-corrected chi connectivity index (χ1v) is 5.04. The predicted molar refractivity (Wildman–Crippen MR) is 56.7 cm³/mol. The minimum atomic E-state index is -0.0818. The molecule has 0 bridgehead atoms. The van der Waals surface area contributed by atoms with Gasteiger partial charge in [-0.1, -0.05) is 6.08 Å². The smallest absolute Gasteiger partial charge is 0.180 e. The average molecular weight is 213 g/mol. The Morgan fingerprint density at radius 3 is 3.14 bits per heavy atom. The molecule has 0 amide bonds.